The maximum Gasteiger partial charge on any atom is 0.0932 e. The van der Waals surface area contributed by atoms with E-state index in [9.17, 15) is 5.11 Å². The minimum atomic E-state index is 0.244. The molecule has 0 aliphatic carbocycles. The summed E-state index contributed by atoms with van der Waals surface area (Å²) < 4.78 is 0. The average Bonchev–Trinajstić information content (AvgIpc) is 3.29. The number of hydrogen-bond donors (Lipinski definition) is 1. The van der Waals surface area contributed by atoms with Gasteiger partial charge in [0, 0.05) is 43.5 Å². The number of aliphatic hydroxyl groups is 1. The smallest absolute Gasteiger partial charge is 0.0932 e. The van der Waals surface area contributed by atoms with E-state index < -0.39 is 0 Å². The second-order valence-corrected chi connectivity index (χ2v) is 8.22. The van der Waals surface area contributed by atoms with Crippen LogP contribution in [0.15, 0.2) is 35.7 Å². The topological polar surface area (TPSA) is 39.6 Å². The van der Waals surface area contributed by atoms with Crippen molar-refractivity contribution in [3.05, 3.63) is 52.0 Å². The quantitative estimate of drug-likeness (QED) is 0.863. The Morgan fingerprint density at radius 3 is 2.88 bits per heavy atom. The van der Waals surface area contributed by atoms with Gasteiger partial charge in [-0.1, -0.05) is 30.3 Å². The van der Waals surface area contributed by atoms with Crippen molar-refractivity contribution in [1.82, 2.24) is 14.8 Å². The third-order valence-electron chi connectivity index (χ3n) is 5.55. The van der Waals surface area contributed by atoms with Crippen LogP contribution in [-0.2, 0) is 19.4 Å². The number of benzene rings is 1. The van der Waals surface area contributed by atoms with Crippen LogP contribution in [0.2, 0.25) is 0 Å². The Kier molecular flexibility index (Phi) is 5.46. The van der Waals surface area contributed by atoms with Crippen LogP contribution < -0.4 is 0 Å². The molecule has 2 fully saturated rings. The van der Waals surface area contributed by atoms with Crippen LogP contribution in [0.4, 0.5) is 0 Å². The van der Waals surface area contributed by atoms with Gasteiger partial charge in [-0.05, 0) is 31.4 Å². The van der Waals surface area contributed by atoms with Gasteiger partial charge in [0.05, 0.1) is 17.3 Å². The summed E-state index contributed by atoms with van der Waals surface area (Å²) in [7, 11) is 0. The summed E-state index contributed by atoms with van der Waals surface area (Å²) >= 11 is 1.77. The summed E-state index contributed by atoms with van der Waals surface area (Å²) in [6.45, 7) is 4.40. The minimum Gasteiger partial charge on any atom is -0.395 e. The summed E-state index contributed by atoms with van der Waals surface area (Å²) in [5.74, 6) is 0. The fourth-order valence-electron chi connectivity index (χ4n) is 4.16. The Morgan fingerprint density at radius 2 is 2.04 bits per heavy atom. The zero-order valence-corrected chi connectivity index (χ0v) is 15.5. The van der Waals surface area contributed by atoms with Crippen LogP contribution in [0, 0.1) is 0 Å². The van der Waals surface area contributed by atoms with E-state index in [0.29, 0.717) is 6.04 Å². The summed E-state index contributed by atoms with van der Waals surface area (Å²) in [5, 5.41) is 13.2. The molecule has 0 spiro atoms. The molecule has 4 nitrogen and oxygen atoms in total. The molecule has 0 bridgehead atoms. The zero-order valence-electron chi connectivity index (χ0n) is 14.7. The third kappa shape index (κ3) is 4.11. The molecule has 3 heterocycles. The van der Waals surface area contributed by atoms with E-state index >= 15 is 0 Å². The lowest BCUT2D eigenvalue weighted by molar-refractivity contribution is 0.0164. The van der Waals surface area contributed by atoms with Crippen molar-refractivity contribution in [3.8, 4) is 0 Å². The van der Waals surface area contributed by atoms with Gasteiger partial charge in [0.1, 0.15) is 0 Å². The van der Waals surface area contributed by atoms with Gasteiger partial charge in [0.15, 0.2) is 0 Å². The first-order valence-electron chi connectivity index (χ1n) is 9.38. The van der Waals surface area contributed by atoms with Gasteiger partial charge in [0.2, 0.25) is 0 Å². The Labute approximate surface area is 154 Å². The molecule has 25 heavy (non-hydrogen) atoms. The number of aromatic nitrogens is 1. The predicted molar refractivity (Wildman–Crippen MR) is 102 cm³/mol. The predicted octanol–water partition coefficient (Wildman–Crippen LogP) is 2.57. The third-order valence-corrected chi connectivity index (χ3v) is 6.51. The van der Waals surface area contributed by atoms with E-state index in [-0.39, 0.29) is 12.6 Å². The van der Waals surface area contributed by atoms with Crippen LogP contribution in [0.5, 0.6) is 0 Å². The SMILES string of the molecule is OC[C@H]1CN2CCC[C@H]2CN1Cc1csc(CCc2ccccc2)n1. The number of thiazole rings is 1. The van der Waals surface area contributed by atoms with Crippen molar-refractivity contribution >= 4 is 11.3 Å². The first-order chi connectivity index (χ1) is 12.3. The highest BCUT2D eigenvalue weighted by atomic mass is 32.1. The summed E-state index contributed by atoms with van der Waals surface area (Å²) in [6.07, 6.45) is 4.66. The molecule has 0 saturated carbocycles. The molecule has 0 unspecified atom stereocenters. The Balaban J connectivity index is 1.35. The molecule has 4 rings (SSSR count). The fraction of sp³-hybridized carbons (Fsp3) is 0.550. The highest BCUT2D eigenvalue weighted by molar-refractivity contribution is 7.09. The van der Waals surface area contributed by atoms with Crippen molar-refractivity contribution in [2.45, 2.75) is 44.3 Å². The highest BCUT2D eigenvalue weighted by Crippen LogP contribution is 2.26. The molecule has 2 aliphatic rings. The van der Waals surface area contributed by atoms with E-state index in [0.717, 1.165) is 38.2 Å². The van der Waals surface area contributed by atoms with Crippen LogP contribution in [0.25, 0.3) is 0 Å². The Hall–Kier alpha value is -1.27. The van der Waals surface area contributed by atoms with E-state index in [2.05, 4.69) is 45.5 Å². The molecule has 5 heteroatoms. The summed E-state index contributed by atoms with van der Waals surface area (Å²) in [5.41, 5.74) is 2.54. The van der Waals surface area contributed by atoms with Crippen molar-refractivity contribution in [2.75, 3.05) is 26.2 Å². The molecule has 1 aromatic carbocycles. The first kappa shape index (κ1) is 17.2. The number of aryl methyl sites for hydroxylation is 2. The molecule has 134 valence electrons. The molecule has 2 saturated heterocycles. The molecule has 2 aromatic rings. The van der Waals surface area contributed by atoms with Gasteiger partial charge >= 0.3 is 0 Å². The van der Waals surface area contributed by atoms with E-state index in [1.165, 1.54) is 30.0 Å². The van der Waals surface area contributed by atoms with Gasteiger partial charge in [-0.15, -0.1) is 11.3 Å². The van der Waals surface area contributed by atoms with Crippen molar-refractivity contribution < 1.29 is 5.11 Å². The molecule has 2 atom stereocenters. The van der Waals surface area contributed by atoms with Crippen molar-refractivity contribution in [3.63, 3.8) is 0 Å². The average molecular weight is 358 g/mol. The maximum absolute atomic E-state index is 9.79. The summed E-state index contributed by atoms with van der Waals surface area (Å²) in [4.78, 5) is 9.86. The van der Waals surface area contributed by atoms with Gasteiger partial charge in [-0.25, -0.2) is 4.98 Å². The molecule has 0 amide bonds. The van der Waals surface area contributed by atoms with Gasteiger partial charge in [-0.2, -0.15) is 0 Å². The molecular weight excluding hydrogens is 330 g/mol. The van der Waals surface area contributed by atoms with Crippen molar-refractivity contribution in [2.24, 2.45) is 0 Å². The van der Waals surface area contributed by atoms with Gasteiger partial charge in [0.25, 0.3) is 0 Å². The Bertz CT molecular complexity index is 675. The fourth-order valence-corrected chi connectivity index (χ4v) is 4.94. The number of aliphatic hydroxyl groups excluding tert-OH is 1. The highest BCUT2D eigenvalue weighted by Gasteiger charge is 2.36. The van der Waals surface area contributed by atoms with Crippen LogP contribution in [0.1, 0.15) is 29.1 Å². The molecule has 0 radical (unpaired) electrons. The van der Waals surface area contributed by atoms with E-state index in [1.807, 2.05) is 0 Å². The number of hydrogen-bond acceptors (Lipinski definition) is 5. The summed E-state index contributed by atoms with van der Waals surface area (Å²) in [6, 6.07) is 11.6. The molecule has 2 aliphatic heterocycles. The normalized spacial score (nSPS) is 24.5. The second kappa shape index (κ2) is 7.96. The number of fused-ring (bicyclic) bond motifs is 1. The monoisotopic (exact) mass is 357 g/mol. The lowest BCUT2D eigenvalue weighted by Crippen LogP contribution is -2.56. The zero-order chi connectivity index (χ0) is 17.1. The number of piperazine rings is 1. The lowest BCUT2D eigenvalue weighted by atomic mass is 10.1. The number of nitrogens with zero attached hydrogens (tertiary/aromatic N) is 3. The number of rotatable bonds is 6. The van der Waals surface area contributed by atoms with Crippen LogP contribution in [0.3, 0.4) is 0 Å². The largest absolute Gasteiger partial charge is 0.395 e. The molecule has 1 aromatic heterocycles. The van der Waals surface area contributed by atoms with Gasteiger partial charge in [-0.3, -0.25) is 9.80 Å². The minimum absolute atomic E-state index is 0.244. The second-order valence-electron chi connectivity index (χ2n) is 7.28. The Morgan fingerprint density at radius 1 is 1.16 bits per heavy atom. The van der Waals surface area contributed by atoms with E-state index in [1.54, 1.807) is 11.3 Å². The van der Waals surface area contributed by atoms with E-state index in [4.69, 9.17) is 4.98 Å². The standard InChI is InChI=1S/C20H27N3OS/c24-14-19-13-22-10-4-7-18(22)12-23(19)11-17-15-25-20(21-17)9-8-16-5-2-1-3-6-16/h1-3,5-6,15,18-19,24H,4,7-14H2/t18-,19+/m0/s1. The lowest BCUT2D eigenvalue weighted by Gasteiger charge is -2.42. The van der Waals surface area contributed by atoms with Crippen molar-refractivity contribution in [1.29, 1.82) is 0 Å². The molecular formula is C20H27N3OS. The maximum atomic E-state index is 9.79. The van der Waals surface area contributed by atoms with Gasteiger partial charge < -0.3 is 5.11 Å². The first-order valence-corrected chi connectivity index (χ1v) is 10.3. The van der Waals surface area contributed by atoms with Crippen LogP contribution >= 0.6 is 11.3 Å². The van der Waals surface area contributed by atoms with Crippen LogP contribution in [-0.4, -0.2) is 58.2 Å². The molecule has 1 N–H and O–H groups in total.